The summed E-state index contributed by atoms with van der Waals surface area (Å²) in [5.74, 6) is 0.0231. The molecule has 3 aromatic rings. The molecule has 0 aliphatic heterocycles. The number of hydrogen-bond donors (Lipinski definition) is 1. The lowest BCUT2D eigenvalue weighted by Crippen LogP contribution is -2.33. The molecule has 0 aliphatic rings. The van der Waals surface area contributed by atoms with E-state index in [1.807, 2.05) is 42.8 Å². The van der Waals surface area contributed by atoms with E-state index in [1.54, 1.807) is 29.9 Å². The normalized spacial score (nSPS) is 10.7. The van der Waals surface area contributed by atoms with Crippen molar-refractivity contribution in [3.05, 3.63) is 53.9 Å². The zero-order valence-electron chi connectivity index (χ0n) is 14.8. The second kappa shape index (κ2) is 7.57. The van der Waals surface area contributed by atoms with Crippen molar-refractivity contribution in [3.63, 3.8) is 0 Å². The minimum absolute atomic E-state index is 0.0793. The number of rotatable bonds is 5. The highest BCUT2D eigenvalue weighted by Crippen LogP contribution is 2.23. The summed E-state index contributed by atoms with van der Waals surface area (Å²) in [5, 5.41) is 11.3. The number of carbonyl (C=O) groups excluding carboxylic acids is 2. The third-order valence-corrected chi connectivity index (χ3v) is 4.89. The van der Waals surface area contributed by atoms with Crippen molar-refractivity contribution in [2.45, 2.75) is 12.1 Å². The molecule has 0 saturated carbocycles. The van der Waals surface area contributed by atoms with Crippen molar-refractivity contribution in [1.29, 1.82) is 0 Å². The van der Waals surface area contributed by atoms with E-state index in [4.69, 9.17) is 0 Å². The van der Waals surface area contributed by atoms with Gasteiger partial charge < -0.3 is 9.13 Å². The lowest BCUT2D eigenvalue weighted by Gasteiger charge is -2.06. The molecule has 1 aromatic carbocycles. The van der Waals surface area contributed by atoms with Crippen molar-refractivity contribution in [1.82, 2.24) is 24.6 Å². The van der Waals surface area contributed by atoms with E-state index in [9.17, 15) is 9.59 Å². The summed E-state index contributed by atoms with van der Waals surface area (Å²) in [6.45, 7) is 2.02. The minimum Gasteiger partial charge on any atom is -0.347 e. The summed E-state index contributed by atoms with van der Waals surface area (Å²) >= 11 is 1.24. The molecular formula is C18H19N5O2S. The first kappa shape index (κ1) is 17.9. The molecule has 134 valence electrons. The fourth-order valence-electron chi connectivity index (χ4n) is 2.53. The number of amides is 2. The maximum Gasteiger partial charge on any atom is 0.274 e. The zero-order valence-corrected chi connectivity index (χ0v) is 15.6. The van der Waals surface area contributed by atoms with Crippen LogP contribution in [-0.2, 0) is 18.9 Å². The molecule has 0 fully saturated rings. The molecule has 2 heterocycles. The van der Waals surface area contributed by atoms with Crippen LogP contribution < -0.4 is 5.32 Å². The number of aromatic nitrogens is 4. The number of nitrogens with zero attached hydrogens (tertiary/aromatic N) is 4. The van der Waals surface area contributed by atoms with E-state index >= 15 is 0 Å². The van der Waals surface area contributed by atoms with Crippen LogP contribution in [0.15, 0.2) is 47.8 Å². The van der Waals surface area contributed by atoms with E-state index in [0.717, 1.165) is 17.0 Å². The quantitative estimate of drug-likeness (QED) is 0.697. The minimum atomic E-state index is -0.415. The lowest BCUT2D eigenvalue weighted by atomic mass is 10.1. The fourth-order valence-corrected chi connectivity index (χ4v) is 3.24. The van der Waals surface area contributed by atoms with Gasteiger partial charge in [0.15, 0.2) is 11.0 Å². The van der Waals surface area contributed by atoms with E-state index in [0.29, 0.717) is 10.9 Å². The van der Waals surface area contributed by atoms with Crippen molar-refractivity contribution < 1.29 is 9.59 Å². The molecular weight excluding hydrogens is 350 g/mol. The largest absolute Gasteiger partial charge is 0.347 e. The first-order valence-corrected chi connectivity index (χ1v) is 8.99. The van der Waals surface area contributed by atoms with Crippen LogP contribution in [0.1, 0.15) is 16.1 Å². The molecule has 8 heteroatoms. The van der Waals surface area contributed by atoms with Gasteiger partial charge in [0.05, 0.1) is 5.75 Å². The van der Waals surface area contributed by atoms with Gasteiger partial charge in [0, 0.05) is 25.9 Å². The molecule has 0 radical (unpaired) electrons. The molecule has 26 heavy (non-hydrogen) atoms. The standard InChI is InChI=1S/C18H19N5O2S/c1-12-6-4-7-13(10-12)16-20-21-18(23(16)3)26-11-15(24)19-17(25)14-8-5-9-22(14)2/h4-10H,11H2,1-3H3,(H,19,24,25). The van der Waals surface area contributed by atoms with Crippen molar-refractivity contribution in [3.8, 4) is 11.4 Å². The molecule has 2 amide bonds. The molecule has 3 rings (SSSR count). The highest BCUT2D eigenvalue weighted by atomic mass is 32.2. The Morgan fingerprint density at radius 2 is 1.96 bits per heavy atom. The molecule has 0 spiro atoms. The van der Waals surface area contributed by atoms with E-state index in [1.165, 1.54) is 11.8 Å². The van der Waals surface area contributed by atoms with Crippen LogP contribution in [0.2, 0.25) is 0 Å². The van der Waals surface area contributed by atoms with E-state index in [2.05, 4.69) is 15.5 Å². The Hall–Kier alpha value is -2.87. The van der Waals surface area contributed by atoms with Gasteiger partial charge >= 0.3 is 0 Å². The van der Waals surface area contributed by atoms with Crippen molar-refractivity contribution in [2.24, 2.45) is 14.1 Å². The van der Waals surface area contributed by atoms with Crippen LogP contribution >= 0.6 is 11.8 Å². The highest BCUT2D eigenvalue weighted by Gasteiger charge is 2.16. The van der Waals surface area contributed by atoms with Crippen molar-refractivity contribution in [2.75, 3.05) is 5.75 Å². The zero-order chi connectivity index (χ0) is 18.7. The molecule has 0 bridgehead atoms. The number of thioether (sulfide) groups is 1. The predicted octanol–water partition coefficient (Wildman–Crippen LogP) is 2.18. The average Bonchev–Trinajstić information content (AvgIpc) is 3.19. The number of imide groups is 1. The number of nitrogens with one attached hydrogen (secondary N) is 1. The Kier molecular flexibility index (Phi) is 5.22. The van der Waals surface area contributed by atoms with E-state index in [-0.39, 0.29) is 11.7 Å². The van der Waals surface area contributed by atoms with Crippen LogP contribution in [0.4, 0.5) is 0 Å². The Morgan fingerprint density at radius 3 is 2.65 bits per heavy atom. The molecule has 0 atom stereocenters. The SMILES string of the molecule is Cc1cccc(-c2nnc(SCC(=O)NC(=O)c3cccn3C)n2C)c1. The lowest BCUT2D eigenvalue weighted by molar-refractivity contribution is -0.117. The van der Waals surface area contributed by atoms with Gasteiger partial charge in [0.1, 0.15) is 5.69 Å². The topological polar surface area (TPSA) is 81.8 Å². The highest BCUT2D eigenvalue weighted by molar-refractivity contribution is 7.99. The molecule has 2 aromatic heterocycles. The summed E-state index contributed by atoms with van der Waals surface area (Å²) in [6, 6.07) is 11.4. The van der Waals surface area contributed by atoms with E-state index < -0.39 is 5.91 Å². The molecule has 7 nitrogen and oxygen atoms in total. The number of hydrogen-bond acceptors (Lipinski definition) is 5. The molecule has 0 unspecified atom stereocenters. The maximum absolute atomic E-state index is 12.0. The summed E-state index contributed by atoms with van der Waals surface area (Å²) in [7, 11) is 3.60. The van der Waals surface area contributed by atoms with Gasteiger partial charge in [0.2, 0.25) is 5.91 Å². The van der Waals surface area contributed by atoms with Crippen molar-refractivity contribution >= 4 is 23.6 Å². The smallest absolute Gasteiger partial charge is 0.274 e. The Labute approximate surface area is 155 Å². The summed E-state index contributed by atoms with van der Waals surface area (Å²) in [4.78, 5) is 24.1. The first-order valence-electron chi connectivity index (χ1n) is 8.00. The Morgan fingerprint density at radius 1 is 1.15 bits per heavy atom. The van der Waals surface area contributed by atoms with Crippen LogP contribution in [0.5, 0.6) is 0 Å². The summed E-state index contributed by atoms with van der Waals surface area (Å²) < 4.78 is 3.50. The van der Waals surface area contributed by atoms with Crippen LogP contribution in [-0.4, -0.2) is 36.9 Å². The Bertz CT molecular complexity index is 960. The van der Waals surface area contributed by atoms with Crippen LogP contribution in [0.3, 0.4) is 0 Å². The van der Waals surface area contributed by atoms with Crippen LogP contribution in [0, 0.1) is 6.92 Å². The first-order chi connectivity index (χ1) is 12.5. The average molecular weight is 369 g/mol. The molecule has 0 saturated heterocycles. The van der Waals surface area contributed by atoms with Gasteiger partial charge in [-0.3, -0.25) is 14.9 Å². The number of benzene rings is 1. The van der Waals surface area contributed by atoms with Gasteiger partial charge in [-0.2, -0.15) is 0 Å². The molecule has 0 aliphatic carbocycles. The van der Waals surface area contributed by atoms with Gasteiger partial charge in [-0.15, -0.1) is 10.2 Å². The van der Waals surface area contributed by atoms with Crippen LogP contribution in [0.25, 0.3) is 11.4 Å². The van der Waals surface area contributed by atoms with Gasteiger partial charge in [0.25, 0.3) is 5.91 Å². The number of aryl methyl sites for hydroxylation is 2. The molecule has 1 N–H and O–H groups in total. The summed E-state index contributed by atoms with van der Waals surface area (Å²) in [5.41, 5.74) is 2.54. The van der Waals surface area contributed by atoms with Gasteiger partial charge in [-0.1, -0.05) is 35.5 Å². The number of carbonyl (C=O) groups is 2. The van der Waals surface area contributed by atoms with Gasteiger partial charge in [-0.25, -0.2) is 0 Å². The third-order valence-electron chi connectivity index (χ3n) is 3.87. The van der Waals surface area contributed by atoms with Gasteiger partial charge in [-0.05, 0) is 25.1 Å². The third kappa shape index (κ3) is 3.85. The second-order valence-corrected chi connectivity index (χ2v) is 6.85. The predicted molar refractivity (Wildman–Crippen MR) is 99.8 cm³/mol. The fraction of sp³-hybridized carbons (Fsp3) is 0.222. The summed E-state index contributed by atoms with van der Waals surface area (Å²) in [6.07, 6.45) is 1.75. The monoisotopic (exact) mass is 369 g/mol. The second-order valence-electron chi connectivity index (χ2n) is 5.90. The maximum atomic E-state index is 12.0. The Balaban J connectivity index is 1.62.